The minimum absolute atomic E-state index is 0.348. The van der Waals surface area contributed by atoms with Gasteiger partial charge in [0.25, 0.3) is 0 Å². The van der Waals surface area contributed by atoms with Crippen LogP contribution in [-0.4, -0.2) is 17.5 Å². The Kier molecular flexibility index (Phi) is 3.28. The summed E-state index contributed by atoms with van der Waals surface area (Å²) in [6.45, 7) is 1.85. The lowest BCUT2D eigenvalue weighted by Crippen LogP contribution is -2.26. The third kappa shape index (κ3) is 2.55. The molecule has 0 bridgehead atoms. The predicted octanol–water partition coefficient (Wildman–Crippen LogP) is 0.157. The molecule has 1 rings (SSSR count). The highest BCUT2D eigenvalue weighted by Gasteiger charge is 2.21. The number of rotatable bonds is 4. The fourth-order valence-electron chi connectivity index (χ4n) is 1.33. The van der Waals surface area contributed by atoms with E-state index in [1.54, 1.807) is 30.3 Å². The van der Waals surface area contributed by atoms with Crippen LogP contribution in [-0.2, 0) is 17.2 Å². The van der Waals surface area contributed by atoms with Gasteiger partial charge in [-0.25, -0.2) is 17.6 Å². The SMILES string of the molecule is CCCC(n1cc[n+](C)c1)S(=O)(=O)[O-]. The molecule has 1 heterocycles. The molecule has 0 aromatic carbocycles. The number of hydrogen-bond donors (Lipinski definition) is 0. The minimum atomic E-state index is -4.27. The summed E-state index contributed by atoms with van der Waals surface area (Å²) >= 11 is 0. The zero-order chi connectivity index (χ0) is 10.8. The van der Waals surface area contributed by atoms with Crippen LogP contribution in [0.5, 0.6) is 0 Å². The predicted molar refractivity (Wildman–Crippen MR) is 49.3 cm³/mol. The molecule has 1 aromatic rings. The molecule has 1 atom stereocenters. The van der Waals surface area contributed by atoms with E-state index in [0.717, 1.165) is 0 Å². The molecule has 0 spiro atoms. The van der Waals surface area contributed by atoms with Crippen LogP contribution in [0.2, 0.25) is 0 Å². The smallest absolute Gasteiger partial charge is 0.244 e. The lowest BCUT2D eigenvalue weighted by atomic mass is 10.3. The van der Waals surface area contributed by atoms with E-state index in [1.165, 1.54) is 4.57 Å². The molecule has 0 aliphatic rings. The van der Waals surface area contributed by atoms with Gasteiger partial charge in [-0.05, 0) is 0 Å². The molecule has 0 aliphatic heterocycles. The maximum atomic E-state index is 10.9. The van der Waals surface area contributed by atoms with E-state index in [1.807, 2.05) is 6.92 Å². The Morgan fingerprint density at radius 2 is 2.21 bits per heavy atom. The van der Waals surface area contributed by atoms with E-state index in [-0.39, 0.29) is 0 Å². The van der Waals surface area contributed by atoms with Crippen LogP contribution >= 0.6 is 0 Å². The molecule has 1 unspecified atom stereocenters. The zero-order valence-corrected chi connectivity index (χ0v) is 9.07. The molecule has 0 fully saturated rings. The van der Waals surface area contributed by atoms with Crippen molar-refractivity contribution in [3.63, 3.8) is 0 Å². The number of nitrogens with zero attached hydrogens (tertiary/aromatic N) is 2. The molecule has 1 aromatic heterocycles. The van der Waals surface area contributed by atoms with Crippen LogP contribution in [0, 0.1) is 0 Å². The molecule has 0 saturated carbocycles. The highest BCUT2D eigenvalue weighted by atomic mass is 32.2. The lowest BCUT2D eigenvalue weighted by Gasteiger charge is -2.16. The summed E-state index contributed by atoms with van der Waals surface area (Å²) in [5.74, 6) is 0. The number of imidazole rings is 1. The van der Waals surface area contributed by atoms with Gasteiger partial charge in [-0.3, -0.25) is 0 Å². The number of aromatic nitrogens is 2. The van der Waals surface area contributed by atoms with E-state index in [4.69, 9.17) is 0 Å². The second-order valence-corrected chi connectivity index (χ2v) is 4.79. The van der Waals surface area contributed by atoms with Crippen molar-refractivity contribution in [3.05, 3.63) is 18.7 Å². The van der Waals surface area contributed by atoms with Crippen LogP contribution in [0.25, 0.3) is 0 Å². The molecule has 5 nitrogen and oxygen atoms in total. The second kappa shape index (κ2) is 4.10. The van der Waals surface area contributed by atoms with Crippen molar-refractivity contribution >= 4 is 10.1 Å². The maximum absolute atomic E-state index is 10.9. The van der Waals surface area contributed by atoms with Crippen LogP contribution < -0.4 is 4.57 Å². The Bertz CT molecular complexity index is 396. The fraction of sp³-hybridized carbons (Fsp3) is 0.625. The average molecular weight is 218 g/mol. The first-order valence-corrected chi connectivity index (χ1v) is 5.89. The Balaban J connectivity index is 3.00. The van der Waals surface area contributed by atoms with Crippen molar-refractivity contribution < 1.29 is 17.5 Å². The van der Waals surface area contributed by atoms with Crippen molar-refractivity contribution in [1.29, 1.82) is 0 Å². The maximum Gasteiger partial charge on any atom is 0.244 e. The Morgan fingerprint density at radius 3 is 2.57 bits per heavy atom. The van der Waals surface area contributed by atoms with E-state index in [2.05, 4.69) is 0 Å². The van der Waals surface area contributed by atoms with Gasteiger partial charge < -0.3 is 4.55 Å². The topological polar surface area (TPSA) is 66.0 Å². The zero-order valence-electron chi connectivity index (χ0n) is 8.25. The lowest BCUT2D eigenvalue weighted by molar-refractivity contribution is -0.671. The summed E-state index contributed by atoms with van der Waals surface area (Å²) in [5, 5.41) is -0.978. The van der Waals surface area contributed by atoms with Crippen LogP contribution in [0.4, 0.5) is 0 Å². The van der Waals surface area contributed by atoms with Gasteiger partial charge in [-0.15, -0.1) is 0 Å². The molecular weight excluding hydrogens is 204 g/mol. The Morgan fingerprint density at radius 1 is 1.57 bits per heavy atom. The van der Waals surface area contributed by atoms with Crippen molar-refractivity contribution in [1.82, 2.24) is 4.57 Å². The molecule has 14 heavy (non-hydrogen) atoms. The summed E-state index contributed by atoms with van der Waals surface area (Å²) in [6.07, 6.45) is 5.90. The quantitative estimate of drug-likeness (QED) is 0.534. The summed E-state index contributed by atoms with van der Waals surface area (Å²) in [6, 6.07) is 0. The Hall–Kier alpha value is -0.880. The molecule has 0 amide bonds. The molecule has 0 radical (unpaired) electrons. The van der Waals surface area contributed by atoms with Crippen LogP contribution in [0.15, 0.2) is 18.7 Å². The Labute approximate surface area is 83.7 Å². The minimum Gasteiger partial charge on any atom is -0.745 e. The van der Waals surface area contributed by atoms with Gasteiger partial charge in [0, 0.05) is 6.42 Å². The van der Waals surface area contributed by atoms with Gasteiger partial charge in [0.1, 0.15) is 22.5 Å². The van der Waals surface area contributed by atoms with Gasteiger partial charge in [0.05, 0.1) is 7.05 Å². The summed E-state index contributed by atoms with van der Waals surface area (Å²) in [7, 11) is -2.49. The molecule has 0 N–H and O–H groups in total. The normalized spacial score (nSPS) is 14.2. The molecule has 80 valence electrons. The monoisotopic (exact) mass is 218 g/mol. The van der Waals surface area contributed by atoms with Crippen molar-refractivity contribution in [3.8, 4) is 0 Å². The second-order valence-electron chi connectivity index (χ2n) is 3.26. The first kappa shape index (κ1) is 11.2. The first-order valence-electron chi connectivity index (χ1n) is 4.42. The van der Waals surface area contributed by atoms with Crippen molar-refractivity contribution in [2.75, 3.05) is 0 Å². The van der Waals surface area contributed by atoms with Crippen LogP contribution in [0.1, 0.15) is 25.1 Å². The number of aryl methyl sites for hydroxylation is 1. The molecule has 0 aliphatic carbocycles. The highest BCUT2D eigenvalue weighted by Crippen LogP contribution is 2.18. The summed E-state index contributed by atoms with van der Waals surface area (Å²) < 4.78 is 36.0. The van der Waals surface area contributed by atoms with Gasteiger partial charge in [0.15, 0.2) is 5.37 Å². The van der Waals surface area contributed by atoms with Gasteiger partial charge in [0.2, 0.25) is 6.33 Å². The average Bonchev–Trinajstić information content (AvgIpc) is 2.45. The molecule has 6 heteroatoms. The largest absolute Gasteiger partial charge is 0.745 e. The van der Waals surface area contributed by atoms with E-state index in [9.17, 15) is 13.0 Å². The summed E-state index contributed by atoms with van der Waals surface area (Å²) in [5.41, 5.74) is 0. The summed E-state index contributed by atoms with van der Waals surface area (Å²) in [4.78, 5) is 0. The fourth-order valence-corrected chi connectivity index (χ4v) is 2.28. The van der Waals surface area contributed by atoms with Crippen LogP contribution in [0.3, 0.4) is 0 Å². The van der Waals surface area contributed by atoms with Gasteiger partial charge >= 0.3 is 0 Å². The van der Waals surface area contributed by atoms with Gasteiger partial charge in [-0.1, -0.05) is 13.3 Å². The van der Waals surface area contributed by atoms with Gasteiger partial charge in [-0.2, -0.15) is 0 Å². The van der Waals surface area contributed by atoms with E-state index in [0.29, 0.717) is 12.8 Å². The van der Waals surface area contributed by atoms with Crippen molar-refractivity contribution in [2.45, 2.75) is 25.1 Å². The number of hydrogen-bond acceptors (Lipinski definition) is 3. The van der Waals surface area contributed by atoms with E-state index < -0.39 is 15.5 Å². The first-order chi connectivity index (χ1) is 6.45. The highest BCUT2D eigenvalue weighted by molar-refractivity contribution is 7.85. The molecule has 0 saturated heterocycles. The standard InChI is InChI=1S/C8H14N2O3S/c1-3-4-8(14(11,12)13)10-6-5-9(2)7-10/h5-8H,3-4H2,1-2H3. The van der Waals surface area contributed by atoms with E-state index >= 15 is 0 Å². The van der Waals surface area contributed by atoms with Crippen molar-refractivity contribution in [2.24, 2.45) is 7.05 Å². The third-order valence-electron chi connectivity index (χ3n) is 1.99. The molecular formula is C8H14N2O3S. The third-order valence-corrected chi connectivity index (χ3v) is 3.14.